The van der Waals surface area contributed by atoms with Crippen LogP contribution in [0.1, 0.15) is 12.8 Å². The molecule has 3 N–H and O–H groups in total. The Kier molecular flexibility index (Phi) is 4.01. The second-order valence-corrected chi connectivity index (χ2v) is 6.37. The van der Waals surface area contributed by atoms with Crippen molar-refractivity contribution in [3.8, 4) is 0 Å². The van der Waals surface area contributed by atoms with Crippen LogP contribution in [0.2, 0.25) is 0 Å². The van der Waals surface area contributed by atoms with Crippen molar-refractivity contribution in [2.75, 3.05) is 18.4 Å². The van der Waals surface area contributed by atoms with Crippen molar-refractivity contribution in [3.05, 3.63) is 40.9 Å². The largest absolute Gasteiger partial charge is 0.382 e. The average molecular weight is 348 g/mol. The van der Waals surface area contributed by atoms with Gasteiger partial charge in [0.2, 0.25) is 0 Å². The van der Waals surface area contributed by atoms with E-state index in [1.807, 2.05) is 0 Å². The number of primary amides is 1. The van der Waals surface area contributed by atoms with Gasteiger partial charge in [0.25, 0.3) is 0 Å². The number of halogens is 1. The number of hydrogen-bond acceptors (Lipinski definition) is 2. The first-order chi connectivity index (χ1) is 10.1. The summed E-state index contributed by atoms with van der Waals surface area (Å²) in [6.07, 6.45) is 1.86. The number of nitrogens with two attached hydrogens (primary N) is 1. The third-order valence-electron chi connectivity index (χ3n) is 3.98. The first-order valence-corrected chi connectivity index (χ1v) is 7.91. The molecule has 1 aliphatic heterocycles. The molecule has 1 fully saturated rings. The monoisotopic (exact) mass is 347 g/mol. The van der Waals surface area contributed by atoms with Crippen molar-refractivity contribution in [1.82, 2.24) is 4.90 Å². The topological polar surface area (TPSA) is 58.4 Å². The van der Waals surface area contributed by atoms with E-state index in [2.05, 4.69) is 57.6 Å². The van der Waals surface area contributed by atoms with E-state index in [-0.39, 0.29) is 6.03 Å². The van der Waals surface area contributed by atoms with Crippen LogP contribution >= 0.6 is 15.9 Å². The van der Waals surface area contributed by atoms with E-state index in [4.69, 9.17) is 5.73 Å². The van der Waals surface area contributed by atoms with Gasteiger partial charge in [0.05, 0.1) is 0 Å². The number of nitrogens with one attached hydrogen (secondary N) is 1. The highest BCUT2D eigenvalue weighted by molar-refractivity contribution is 9.10. The number of piperidine rings is 1. The van der Waals surface area contributed by atoms with E-state index in [9.17, 15) is 4.79 Å². The van der Waals surface area contributed by atoms with Gasteiger partial charge in [-0.3, -0.25) is 0 Å². The van der Waals surface area contributed by atoms with E-state index in [1.165, 1.54) is 10.8 Å². The van der Waals surface area contributed by atoms with Crippen LogP contribution in [0, 0.1) is 0 Å². The van der Waals surface area contributed by atoms with Gasteiger partial charge in [-0.1, -0.05) is 28.1 Å². The molecule has 0 atom stereocenters. The fourth-order valence-electron chi connectivity index (χ4n) is 2.79. The van der Waals surface area contributed by atoms with Gasteiger partial charge < -0.3 is 16.0 Å². The average Bonchev–Trinajstić information content (AvgIpc) is 2.48. The third kappa shape index (κ3) is 3.29. The maximum atomic E-state index is 11.1. The van der Waals surface area contributed by atoms with Gasteiger partial charge in [-0.2, -0.15) is 0 Å². The Morgan fingerprint density at radius 3 is 2.52 bits per heavy atom. The summed E-state index contributed by atoms with van der Waals surface area (Å²) in [6.45, 7) is 1.46. The van der Waals surface area contributed by atoms with Crippen molar-refractivity contribution in [1.29, 1.82) is 0 Å². The summed E-state index contributed by atoms with van der Waals surface area (Å²) < 4.78 is 1.09. The first-order valence-electron chi connectivity index (χ1n) is 7.12. The molecular weight excluding hydrogens is 330 g/mol. The maximum absolute atomic E-state index is 11.1. The van der Waals surface area contributed by atoms with Crippen molar-refractivity contribution in [2.45, 2.75) is 18.9 Å². The zero-order valence-corrected chi connectivity index (χ0v) is 13.3. The quantitative estimate of drug-likeness (QED) is 0.872. The minimum atomic E-state index is -0.315. The zero-order chi connectivity index (χ0) is 14.8. The number of nitrogens with zero attached hydrogens (tertiary/aromatic N) is 1. The summed E-state index contributed by atoms with van der Waals surface area (Å²) in [4.78, 5) is 12.8. The number of rotatable bonds is 2. The number of amides is 2. The Morgan fingerprint density at radius 1 is 1.14 bits per heavy atom. The van der Waals surface area contributed by atoms with Crippen LogP contribution < -0.4 is 11.1 Å². The van der Waals surface area contributed by atoms with Crippen molar-refractivity contribution >= 4 is 38.4 Å². The van der Waals surface area contributed by atoms with Gasteiger partial charge in [0, 0.05) is 29.3 Å². The highest BCUT2D eigenvalue weighted by atomic mass is 79.9. The molecule has 0 aromatic heterocycles. The number of likely N-dealkylation sites (tertiary alicyclic amines) is 1. The molecule has 2 aromatic rings. The molecule has 2 aromatic carbocycles. The SMILES string of the molecule is NC(=O)N1CCC(Nc2ccc3cc(Br)ccc3c2)CC1. The van der Waals surface area contributed by atoms with Gasteiger partial charge in [0.1, 0.15) is 0 Å². The summed E-state index contributed by atoms with van der Waals surface area (Å²) in [5.74, 6) is 0. The molecule has 0 saturated carbocycles. The lowest BCUT2D eigenvalue weighted by Crippen LogP contribution is -2.44. The minimum Gasteiger partial charge on any atom is -0.382 e. The molecule has 3 rings (SSSR count). The number of anilines is 1. The number of benzene rings is 2. The molecule has 110 valence electrons. The van der Waals surface area contributed by atoms with E-state index in [0.29, 0.717) is 6.04 Å². The molecule has 0 spiro atoms. The van der Waals surface area contributed by atoms with E-state index in [1.54, 1.807) is 4.90 Å². The van der Waals surface area contributed by atoms with Crippen LogP contribution in [0.15, 0.2) is 40.9 Å². The number of carbonyl (C=O) groups is 1. The Balaban J connectivity index is 1.68. The molecule has 0 radical (unpaired) electrons. The summed E-state index contributed by atoms with van der Waals surface area (Å²) in [5, 5.41) is 6.00. The zero-order valence-electron chi connectivity index (χ0n) is 11.7. The lowest BCUT2D eigenvalue weighted by atomic mass is 10.0. The molecule has 2 amide bonds. The normalized spacial score (nSPS) is 16.1. The molecule has 1 saturated heterocycles. The summed E-state index contributed by atoms with van der Waals surface area (Å²) >= 11 is 3.49. The fourth-order valence-corrected chi connectivity index (χ4v) is 3.17. The molecule has 0 unspecified atom stereocenters. The second kappa shape index (κ2) is 5.93. The van der Waals surface area contributed by atoms with Gasteiger partial charge in [0.15, 0.2) is 0 Å². The van der Waals surface area contributed by atoms with Crippen LogP contribution in [-0.4, -0.2) is 30.1 Å². The van der Waals surface area contributed by atoms with Gasteiger partial charge in [-0.25, -0.2) is 4.79 Å². The molecule has 21 heavy (non-hydrogen) atoms. The second-order valence-electron chi connectivity index (χ2n) is 5.45. The predicted octanol–water partition coefficient (Wildman–Crippen LogP) is 3.56. The van der Waals surface area contributed by atoms with Gasteiger partial charge in [-0.05, 0) is 47.9 Å². The lowest BCUT2D eigenvalue weighted by molar-refractivity contribution is 0.193. The smallest absolute Gasteiger partial charge is 0.314 e. The van der Waals surface area contributed by atoms with Crippen LogP contribution in [0.25, 0.3) is 10.8 Å². The maximum Gasteiger partial charge on any atom is 0.314 e. The molecule has 5 heteroatoms. The van der Waals surface area contributed by atoms with Crippen molar-refractivity contribution in [3.63, 3.8) is 0 Å². The van der Waals surface area contributed by atoms with E-state index < -0.39 is 0 Å². The Labute approximate surface area is 132 Å². The van der Waals surface area contributed by atoms with Crippen LogP contribution in [-0.2, 0) is 0 Å². The van der Waals surface area contributed by atoms with Crippen LogP contribution in [0.5, 0.6) is 0 Å². The Morgan fingerprint density at radius 2 is 1.81 bits per heavy atom. The highest BCUT2D eigenvalue weighted by Crippen LogP contribution is 2.24. The molecule has 0 aliphatic carbocycles. The van der Waals surface area contributed by atoms with E-state index in [0.717, 1.165) is 36.1 Å². The van der Waals surface area contributed by atoms with Gasteiger partial charge in [-0.15, -0.1) is 0 Å². The summed E-state index contributed by atoms with van der Waals surface area (Å²) in [6, 6.07) is 12.8. The van der Waals surface area contributed by atoms with Gasteiger partial charge >= 0.3 is 6.03 Å². The third-order valence-corrected chi connectivity index (χ3v) is 4.47. The van der Waals surface area contributed by atoms with Crippen molar-refractivity contribution in [2.24, 2.45) is 5.73 Å². The fraction of sp³-hybridized carbons (Fsp3) is 0.312. The van der Waals surface area contributed by atoms with E-state index >= 15 is 0 Å². The minimum absolute atomic E-state index is 0.315. The number of carbonyl (C=O) groups excluding carboxylic acids is 1. The van der Waals surface area contributed by atoms with Crippen molar-refractivity contribution < 1.29 is 4.79 Å². The summed E-state index contributed by atoms with van der Waals surface area (Å²) in [5.41, 5.74) is 6.43. The molecule has 0 bridgehead atoms. The lowest BCUT2D eigenvalue weighted by Gasteiger charge is -2.31. The molecule has 4 nitrogen and oxygen atoms in total. The number of fused-ring (bicyclic) bond motifs is 1. The molecular formula is C16H18BrN3O. The first kappa shape index (κ1) is 14.2. The Bertz CT molecular complexity index is 666. The number of hydrogen-bond donors (Lipinski definition) is 2. The highest BCUT2D eigenvalue weighted by Gasteiger charge is 2.20. The Hall–Kier alpha value is -1.75. The standard InChI is InChI=1S/C16H18BrN3O/c17-13-3-1-12-10-15(4-2-11(12)9-13)19-14-5-7-20(8-6-14)16(18)21/h1-4,9-10,14,19H,5-8H2,(H2,18,21). The predicted molar refractivity (Wildman–Crippen MR) is 89.4 cm³/mol. The molecule has 1 aliphatic rings. The summed E-state index contributed by atoms with van der Waals surface area (Å²) in [7, 11) is 0. The van der Waals surface area contributed by atoms with Crippen LogP contribution in [0.3, 0.4) is 0 Å². The van der Waals surface area contributed by atoms with Crippen LogP contribution in [0.4, 0.5) is 10.5 Å². The number of urea groups is 1. The molecule has 1 heterocycles.